The Morgan fingerprint density at radius 2 is 2.11 bits per heavy atom. The number of aliphatic imine (C=N–C) groups is 1. The van der Waals surface area contributed by atoms with Gasteiger partial charge in [-0.1, -0.05) is 6.07 Å². The van der Waals surface area contributed by atoms with Gasteiger partial charge in [0, 0.05) is 38.5 Å². The zero-order chi connectivity index (χ0) is 18.8. The van der Waals surface area contributed by atoms with E-state index in [1.165, 1.54) is 6.92 Å². The van der Waals surface area contributed by atoms with Crippen molar-refractivity contribution < 1.29 is 9.53 Å². The summed E-state index contributed by atoms with van der Waals surface area (Å²) in [5, 5.41) is 13.3. The SMILES string of the molecule is CCNC(=NCc1ccnn1C)NCCOc1cccc(NC(C)=O)c1.I. The van der Waals surface area contributed by atoms with Crippen molar-refractivity contribution in [3.8, 4) is 5.75 Å². The number of aryl methyl sites for hydroxylation is 1. The maximum atomic E-state index is 11.1. The standard InChI is InChI=1S/C18H26N6O2.HI/c1-4-19-18(21-13-16-8-9-22-24(16)3)20-10-11-26-17-7-5-6-15(12-17)23-14(2)25;/h5-9,12H,4,10-11,13H2,1-3H3,(H,23,25)(H2,19,20,21);1H. The molecule has 3 N–H and O–H groups in total. The minimum absolute atomic E-state index is 0. The van der Waals surface area contributed by atoms with Gasteiger partial charge in [-0.15, -0.1) is 24.0 Å². The molecule has 0 aliphatic heterocycles. The van der Waals surface area contributed by atoms with Crippen molar-refractivity contribution in [1.29, 1.82) is 0 Å². The molecule has 1 heterocycles. The second-order valence-corrected chi connectivity index (χ2v) is 5.63. The second-order valence-electron chi connectivity index (χ2n) is 5.63. The molecule has 0 aliphatic rings. The second kappa shape index (κ2) is 12.2. The zero-order valence-electron chi connectivity index (χ0n) is 15.9. The molecule has 0 bridgehead atoms. The van der Waals surface area contributed by atoms with Gasteiger partial charge in [-0.3, -0.25) is 9.48 Å². The van der Waals surface area contributed by atoms with Crippen LogP contribution in [0.25, 0.3) is 0 Å². The van der Waals surface area contributed by atoms with E-state index in [2.05, 4.69) is 26.0 Å². The third kappa shape index (κ3) is 8.29. The lowest BCUT2D eigenvalue weighted by Crippen LogP contribution is -2.39. The van der Waals surface area contributed by atoms with Gasteiger partial charge >= 0.3 is 0 Å². The number of amides is 1. The van der Waals surface area contributed by atoms with E-state index in [0.29, 0.717) is 31.1 Å². The van der Waals surface area contributed by atoms with E-state index < -0.39 is 0 Å². The fraction of sp³-hybridized carbons (Fsp3) is 0.389. The maximum absolute atomic E-state index is 11.1. The molecule has 0 radical (unpaired) electrons. The van der Waals surface area contributed by atoms with E-state index >= 15 is 0 Å². The summed E-state index contributed by atoms with van der Waals surface area (Å²) in [6, 6.07) is 9.25. The molecule has 0 atom stereocenters. The van der Waals surface area contributed by atoms with Crippen molar-refractivity contribution in [3.05, 3.63) is 42.2 Å². The lowest BCUT2D eigenvalue weighted by molar-refractivity contribution is -0.114. The van der Waals surface area contributed by atoms with Gasteiger partial charge in [0.2, 0.25) is 5.91 Å². The summed E-state index contributed by atoms with van der Waals surface area (Å²) in [7, 11) is 1.90. The minimum Gasteiger partial charge on any atom is -0.492 e. The van der Waals surface area contributed by atoms with Gasteiger partial charge < -0.3 is 20.7 Å². The topological polar surface area (TPSA) is 92.6 Å². The van der Waals surface area contributed by atoms with Crippen molar-refractivity contribution in [2.24, 2.45) is 12.0 Å². The third-order valence-corrected chi connectivity index (χ3v) is 3.48. The number of carbonyl (C=O) groups is 1. The molecule has 0 aliphatic carbocycles. The zero-order valence-corrected chi connectivity index (χ0v) is 18.2. The smallest absolute Gasteiger partial charge is 0.221 e. The first-order valence-corrected chi connectivity index (χ1v) is 8.58. The van der Waals surface area contributed by atoms with Gasteiger partial charge in [-0.25, -0.2) is 4.99 Å². The van der Waals surface area contributed by atoms with Crippen molar-refractivity contribution in [2.75, 3.05) is 25.0 Å². The van der Waals surface area contributed by atoms with Crippen molar-refractivity contribution in [1.82, 2.24) is 20.4 Å². The van der Waals surface area contributed by atoms with Crippen LogP contribution < -0.4 is 20.7 Å². The van der Waals surface area contributed by atoms with Crippen molar-refractivity contribution in [2.45, 2.75) is 20.4 Å². The fourth-order valence-corrected chi connectivity index (χ4v) is 2.26. The highest BCUT2D eigenvalue weighted by atomic mass is 127. The van der Waals surface area contributed by atoms with E-state index in [4.69, 9.17) is 4.74 Å². The number of hydrogen-bond acceptors (Lipinski definition) is 4. The molecule has 1 amide bonds. The highest BCUT2D eigenvalue weighted by Crippen LogP contribution is 2.16. The Morgan fingerprint density at radius 3 is 2.78 bits per heavy atom. The Hall–Kier alpha value is -2.30. The number of hydrogen-bond donors (Lipinski definition) is 3. The first-order chi connectivity index (χ1) is 12.6. The quantitative estimate of drug-likeness (QED) is 0.230. The number of nitrogens with zero attached hydrogens (tertiary/aromatic N) is 3. The summed E-state index contributed by atoms with van der Waals surface area (Å²) in [6.45, 7) is 5.89. The van der Waals surface area contributed by atoms with Gasteiger partial charge in [0.1, 0.15) is 12.4 Å². The maximum Gasteiger partial charge on any atom is 0.221 e. The van der Waals surface area contributed by atoms with E-state index in [1.807, 2.05) is 38.2 Å². The third-order valence-electron chi connectivity index (χ3n) is 3.48. The normalized spacial score (nSPS) is 10.7. The minimum atomic E-state index is -0.108. The highest BCUT2D eigenvalue weighted by molar-refractivity contribution is 14.0. The van der Waals surface area contributed by atoms with Gasteiger partial charge in [0.25, 0.3) is 0 Å². The molecule has 1 aromatic carbocycles. The molecule has 9 heteroatoms. The van der Waals surface area contributed by atoms with Crippen molar-refractivity contribution >= 4 is 41.5 Å². The molecule has 1 aromatic heterocycles. The molecule has 0 fully saturated rings. The molecule has 0 spiro atoms. The summed E-state index contributed by atoms with van der Waals surface area (Å²) in [4.78, 5) is 15.6. The summed E-state index contributed by atoms with van der Waals surface area (Å²) < 4.78 is 7.52. The monoisotopic (exact) mass is 486 g/mol. The van der Waals surface area contributed by atoms with Gasteiger partial charge in [-0.2, -0.15) is 5.10 Å². The molecular formula is C18H27IN6O2. The average molecular weight is 486 g/mol. The van der Waals surface area contributed by atoms with Crippen molar-refractivity contribution in [3.63, 3.8) is 0 Å². The fourth-order valence-electron chi connectivity index (χ4n) is 2.26. The Morgan fingerprint density at radius 1 is 1.30 bits per heavy atom. The summed E-state index contributed by atoms with van der Waals surface area (Å²) in [5.74, 6) is 1.32. The van der Waals surface area contributed by atoms with Crippen LogP contribution in [0.2, 0.25) is 0 Å². The highest BCUT2D eigenvalue weighted by Gasteiger charge is 2.02. The van der Waals surface area contributed by atoms with E-state index in [-0.39, 0.29) is 29.9 Å². The van der Waals surface area contributed by atoms with Crippen LogP contribution in [0.3, 0.4) is 0 Å². The molecule has 27 heavy (non-hydrogen) atoms. The van der Waals surface area contributed by atoms with Crippen LogP contribution in [0.15, 0.2) is 41.5 Å². The Labute approximate surface area is 176 Å². The summed E-state index contributed by atoms with van der Waals surface area (Å²) >= 11 is 0. The number of anilines is 1. The lowest BCUT2D eigenvalue weighted by atomic mass is 10.3. The predicted octanol–water partition coefficient (Wildman–Crippen LogP) is 2.13. The molecule has 0 unspecified atom stereocenters. The number of halogens is 1. The van der Waals surface area contributed by atoms with Crippen LogP contribution >= 0.6 is 24.0 Å². The molecule has 0 saturated heterocycles. The summed E-state index contributed by atoms with van der Waals surface area (Å²) in [5.41, 5.74) is 1.75. The number of ether oxygens (including phenoxy) is 1. The van der Waals surface area contributed by atoms with E-state index in [1.54, 1.807) is 16.9 Å². The molecule has 0 saturated carbocycles. The van der Waals surface area contributed by atoms with Crippen LogP contribution in [0.1, 0.15) is 19.5 Å². The Bertz CT molecular complexity index is 747. The number of aromatic nitrogens is 2. The van der Waals surface area contributed by atoms with Gasteiger partial charge in [0.15, 0.2) is 5.96 Å². The number of guanidine groups is 1. The average Bonchev–Trinajstić information content (AvgIpc) is 3.01. The molecular weight excluding hydrogens is 459 g/mol. The number of carbonyl (C=O) groups excluding carboxylic acids is 1. The summed E-state index contributed by atoms with van der Waals surface area (Å²) in [6.07, 6.45) is 1.76. The molecule has 148 valence electrons. The van der Waals surface area contributed by atoms with Crippen LogP contribution in [0.4, 0.5) is 5.69 Å². The molecule has 2 aromatic rings. The largest absolute Gasteiger partial charge is 0.492 e. The van der Waals surface area contributed by atoms with Crippen LogP contribution in [0.5, 0.6) is 5.75 Å². The number of rotatable bonds is 8. The molecule has 2 rings (SSSR count). The van der Waals surface area contributed by atoms with E-state index in [9.17, 15) is 4.79 Å². The van der Waals surface area contributed by atoms with E-state index in [0.717, 1.165) is 18.2 Å². The Kier molecular flexibility index (Phi) is 10.2. The first-order valence-electron chi connectivity index (χ1n) is 8.58. The van der Waals surface area contributed by atoms with Crippen LogP contribution in [-0.2, 0) is 18.4 Å². The lowest BCUT2D eigenvalue weighted by Gasteiger charge is -2.12. The Balaban J connectivity index is 0.00000364. The number of benzene rings is 1. The van der Waals surface area contributed by atoms with Gasteiger partial charge in [-0.05, 0) is 25.1 Å². The van der Waals surface area contributed by atoms with Gasteiger partial charge in [0.05, 0.1) is 18.8 Å². The predicted molar refractivity (Wildman–Crippen MR) is 118 cm³/mol. The molecule has 8 nitrogen and oxygen atoms in total. The van der Waals surface area contributed by atoms with Crippen LogP contribution in [-0.4, -0.2) is 41.3 Å². The number of nitrogens with one attached hydrogen (secondary N) is 3. The first kappa shape index (κ1) is 22.7. The van der Waals surface area contributed by atoms with Crippen LogP contribution in [0, 0.1) is 0 Å².